The van der Waals surface area contributed by atoms with Crippen molar-refractivity contribution in [2.75, 3.05) is 0 Å². The minimum atomic E-state index is -0.451. The summed E-state index contributed by atoms with van der Waals surface area (Å²) in [5.41, 5.74) is 1.53. The normalized spacial score (nSPS) is 12.2. The van der Waals surface area contributed by atoms with Crippen molar-refractivity contribution in [3.05, 3.63) is 39.4 Å². The summed E-state index contributed by atoms with van der Waals surface area (Å²) in [5.74, 6) is -0.0314. The third-order valence-corrected chi connectivity index (χ3v) is 3.85. The first-order chi connectivity index (χ1) is 7.47. The maximum Gasteiger partial charge on any atom is 0.269 e. The van der Waals surface area contributed by atoms with Gasteiger partial charge in [-0.2, -0.15) is 0 Å². The lowest BCUT2D eigenvalue weighted by Crippen LogP contribution is -2.04. The summed E-state index contributed by atoms with van der Waals surface area (Å²) in [7, 11) is 0. The monoisotopic (exact) mass is 349 g/mol. The van der Waals surface area contributed by atoms with Gasteiger partial charge in [-0.3, -0.25) is 14.9 Å². The highest BCUT2D eigenvalue weighted by atomic mass is 79.9. The number of non-ortho nitro benzene ring substituents is 1. The lowest BCUT2D eigenvalue weighted by atomic mass is 10.0. The zero-order valence-electron chi connectivity index (χ0n) is 8.44. The second-order valence-corrected chi connectivity index (χ2v) is 4.72. The Balaban J connectivity index is 3.21. The van der Waals surface area contributed by atoms with E-state index in [0.717, 1.165) is 11.1 Å². The van der Waals surface area contributed by atoms with Crippen molar-refractivity contribution in [1.29, 1.82) is 0 Å². The van der Waals surface area contributed by atoms with Gasteiger partial charge in [0.1, 0.15) is 5.78 Å². The molecule has 0 aromatic heterocycles. The number of benzene rings is 1. The second kappa shape index (κ2) is 5.54. The van der Waals surface area contributed by atoms with Crippen LogP contribution in [-0.2, 0) is 10.1 Å². The van der Waals surface area contributed by atoms with Gasteiger partial charge in [0.05, 0.1) is 9.75 Å². The lowest BCUT2D eigenvalue weighted by molar-refractivity contribution is -0.384. The molecule has 0 heterocycles. The highest BCUT2D eigenvalue weighted by Crippen LogP contribution is 2.30. The first kappa shape index (κ1) is 13.3. The van der Waals surface area contributed by atoms with Crippen LogP contribution in [0.5, 0.6) is 0 Å². The number of hydrogen-bond donors (Lipinski definition) is 0. The number of alkyl halides is 2. The van der Waals surface area contributed by atoms with Crippen molar-refractivity contribution < 1.29 is 9.72 Å². The fourth-order valence-electron chi connectivity index (χ4n) is 1.29. The summed E-state index contributed by atoms with van der Waals surface area (Å²) in [6.07, 6.45) is 0. The average molecular weight is 351 g/mol. The number of ketones is 1. The van der Waals surface area contributed by atoms with Crippen LogP contribution >= 0.6 is 31.9 Å². The molecule has 0 amide bonds. The summed E-state index contributed by atoms with van der Waals surface area (Å²) < 4.78 is 0. The number of nitro groups is 1. The van der Waals surface area contributed by atoms with E-state index in [0.29, 0.717) is 5.33 Å². The van der Waals surface area contributed by atoms with Gasteiger partial charge >= 0.3 is 0 Å². The molecule has 16 heavy (non-hydrogen) atoms. The molecule has 1 aromatic carbocycles. The Morgan fingerprint density at radius 3 is 2.62 bits per heavy atom. The largest absolute Gasteiger partial charge is 0.298 e. The van der Waals surface area contributed by atoms with Crippen molar-refractivity contribution in [3.63, 3.8) is 0 Å². The van der Waals surface area contributed by atoms with Crippen LogP contribution < -0.4 is 0 Å². The van der Waals surface area contributed by atoms with Gasteiger partial charge in [-0.05, 0) is 18.1 Å². The van der Waals surface area contributed by atoms with Gasteiger partial charge < -0.3 is 0 Å². The number of carbonyl (C=O) groups is 1. The molecule has 0 aliphatic heterocycles. The van der Waals surface area contributed by atoms with E-state index < -0.39 is 9.75 Å². The molecular formula is C10H9Br2NO3. The van der Waals surface area contributed by atoms with Gasteiger partial charge in [0.25, 0.3) is 5.69 Å². The zero-order valence-corrected chi connectivity index (χ0v) is 11.6. The summed E-state index contributed by atoms with van der Waals surface area (Å²) in [6, 6.07) is 4.48. The predicted molar refractivity (Wildman–Crippen MR) is 68.1 cm³/mol. The van der Waals surface area contributed by atoms with E-state index in [1.165, 1.54) is 19.1 Å². The van der Waals surface area contributed by atoms with Gasteiger partial charge in [-0.25, -0.2) is 0 Å². The SMILES string of the molecule is CC(=O)C(Br)c1ccc([N+](=O)[O-])cc1CBr. The Bertz CT molecular complexity index is 434. The Hall–Kier alpha value is -0.750. The molecular weight excluding hydrogens is 342 g/mol. The molecule has 6 heteroatoms. The van der Waals surface area contributed by atoms with Crippen molar-refractivity contribution in [2.24, 2.45) is 0 Å². The van der Waals surface area contributed by atoms with Gasteiger partial charge in [0.15, 0.2) is 0 Å². The maximum absolute atomic E-state index is 11.2. The topological polar surface area (TPSA) is 60.2 Å². The van der Waals surface area contributed by atoms with Crippen molar-refractivity contribution in [2.45, 2.75) is 17.1 Å². The van der Waals surface area contributed by atoms with Crippen LogP contribution in [0.3, 0.4) is 0 Å². The van der Waals surface area contributed by atoms with E-state index in [2.05, 4.69) is 31.9 Å². The van der Waals surface area contributed by atoms with Gasteiger partial charge in [-0.15, -0.1) is 0 Å². The van der Waals surface area contributed by atoms with Crippen LogP contribution in [-0.4, -0.2) is 10.7 Å². The molecule has 86 valence electrons. The van der Waals surface area contributed by atoms with Gasteiger partial charge in [0.2, 0.25) is 0 Å². The fourth-order valence-corrected chi connectivity index (χ4v) is 2.22. The summed E-state index contributed by atoms with van der Waals surface area (Å²) in [4.78, 5) is 21.0. The van der Waals surface area contributed by atoms with Crippen molar-refractivity contribution in [1.82, 2.24) is 0 Å². The molecule has 0 N–H and O–H groups in total. The number of carbonyl (C=O) groups excluding carboxylic acids is 1. The van der Waals surface area contributed by atoms with E-state index in [4.69, 9.17) is 0 Å². The summed E-state index contributed by atoms with van der Waals surface area (Å²) >= 11 is 6.52. The summed E-state index contributed by atoms with van der Waals surface area (Å²) in [5, 5.41) is 11.1. The standard InChI is InChI=1S/C10H9Br2NO3/c1-6(14)10(12)9-3-2-8(13(15)16)4-7(9)5-11/h2-4,10H,5H2,1H3. The molecule has 1 atom stereocenters. The minimum Gasteiger partial charge on any atom is -0.298 e. The Morgan fingerprint density at radius 2 is 2.19 bits per heavy atom. The Morgan fingerprint density at radius 1 is 1.56 bits per heavy atom. The molecule has 0 spiro atoms. The molecule has 0 bridgehead atoms. The molecule has 0 fully saturated rings. The third-order valence-electron chi connectivity index (χ3n) is 2.11. The van der Waals surface area contributed by atoms with Gasteiger partial charge in [-0.1, -0.05) is 37.9 Å². The number of Topliss-reactive ketones (excluding diaryl/α,β-unsaturated/α-hetero) is 1. The highest BCUT2D eigenvalue weighted by Gasteiger charge is 2.18. The molecule has 0 radical (unpaired) electrons. The number of halogens is 2. The molecule has 0 aliphatic rings. The van der Waals surface area contributed by atoms with Crippen LogP contribution in [0.4, 0.5) is 5.69 Å². The first-order valence-electron chi connectivity index (χ1n) is 4.45. The van der Waals surface area contributed by atoms with Crippen LogP contribution in [0.25, 0.3) is 0 Å². The number of hydrogen-bond acceptors (Lipinski definition) is 3. The van der Waals surface area contributed by atoms with Crippen molar-refractivity contribution in [3.8, 4) is 0 Å². The van der Waals surface area contributed by atoms with Crippen LogP contribution in [0, 0.1) is 10.1 Å². The quantitative estimate of drug-likeness (QED) is 0.474. The lowest BCUT2D eigenvalue weighted by Gasteiger charge is -2.10. The molecule has 1 rings (SSSR count). The van der Waals surface area contributed by atoms with E-state index in [1.807, 2.05) is 0 Å². The van der Waals surface area contributed by atoms with E-state index in [9.17, 15) is 14.9 Å². The molecule has 0 aliphatic carbocycles. The second-order valence-electron chi connectivity index (χ2n) is 3.25. The number of rotatable bonds is 4. The van der Waals surface area contributed by atoms with E-state index >= 15 is 0 Å². The van der Waals surface area contributed by atoms with Gasteiger partial charge in [0, 0.05) is 17.5 Å². The first-order valence-corrected chi connectivity index (χ1v) is 6.48. The fraction of sp³-hybridized carbons (Fsp3) is 0.300. The number of nitro benzene ring substituents is 1. The molecule has 0 saturated heterocycles. The number of nitrogens with zero attached hydrogens (tertiary/aromatic N) is 1. The zero-order chi connectivity index (χ0) is 12.3. The maximum atomic E-state index is 11.2. The molecule has 4 nitrogen and oxygen atoms in total. The highest BCUT2D eigenvalue weighted by molar-refractivity contribution is 9.09. The van der Waals surface area contributed by atoms with Crippen LogP contribution in [0.15, 0.2) is 18.2 Å². The molecule has 1 aromatic rings. The van der Waals surface area contributed by atoms with Crippen LogP contribution in [0.2, 0.25) is 0 Å². The van der Waals surface area contributed by atoms with E-state index in [-0.39, 0.29) is 11.5 Å². The van der Waals surface area contributed by atoms with Crippen LogP contribution in [0.1, 0.15) is 22.9 Å². The van der Waals surface area contributed by atoms with E-state index in [1.54, 1.807) is 6.07 Å². The Kier molecular flexibility index (Phi) is 4.61. The molecule has 1 unspecified atom stereocenters. The minimum absolute atomic E-state index is 0.0291. The predicted octanol–water partition coefficient (Wildman–Crippen LogP) is 3.51. The average Bonchev–Trinajstić information content (AvgIpc) is 2.26. The van der Waals surface area contributed by atoms with Crippen molar-refractivity contribution >= 4 is 43.3 Å². The smallest absolute Gasteiger partial charge is 0.269 e. The Labute approximate surface area is 109 Å². The third kappa shape index (κ3) is 2.89. The molecule has 0 saturated carbocycles. The summed E-state index contributed by atoms with van der Waals surface area (Å²) in [6.45, 7) is 1.47.